The lowest BCUT2D eigenvalue weighted by Gasteiger charge is -2.27. The number of hydrogen-bond donors (Lipinski definition) is 1. The van der Waals surface area contributed by atoms with Gasteiger partial charge in [0, 0.05) is 11.6 Å². The number of hydrogen-bond acceptors (Lipinski definition) is 5. The molecule has 3 rings (SSSR count). The van der Waals surface area contributed by atoms with Crippen LogP contribution in [0.1, 0.15) is 60.0 Å². The van der Waals surface area contributed by atoms with Gasteiger partial charge in [-0.3, -0.25) is 4.79 Å². The lowest BCUT2D eigenvalue weighted by atomic mass is 9.87. The average molecular weight is 372 g/mol. The topological polar surface area (TPSA) is 73.6 Å². The smallest absolute Gasteiger partial charge is 0.251 e. The van der Waals surface area contributed by atoms with E-state index in [-0.39, 0.29) is 11.9 Å². The number of nitrogens with one attached hydrogen (secondary N) is 1. The molecule has 1 saturated carbocycles. The minimum Gasteiger partial charge on any atom is -0.493 e. The molecule has 1 amide bonds. The molecule has 0 saturated heterocycles. The molecule has 27 heavy (non-hydrogen) atoms. The largest absolute Gasteiger partial charge is 0.493 e. The third-order valence-electron chi connectivity index (χ3n) is 5.33. The second-order valence-corrected chi connectivity index (χ2v) is 7.39. The lowest BCUT2D eigenvalue weighted by Crippen LogP contribution is -2.37. The van der Waals surface area contributed by atoms with E-state index >= 15 is 0 Å². The molecule has 1 aliphatic rings. The fourth-order valence-electron chi connectivity index (χ4n) is 3.46. The Morgan fingerprint density at radius 3 is 2.59 bits per heavy atom. The molecule has 0 radical (unpaired) electrons. The van der Waals surface area contributed by atoms with Crippen molar-refractivity contribution >= 4 is 5.91 Å². The number of amides is 1. The van der Waals surface area contributed by atoms with Crippen molar-refractivity contribution in [3.8, 4) is 11.5 Å². The molecule has 0 atom stereocenters. The number of aryl methyl sites for hydroxylation is 2. The minimum atomic E-state index is -0.0647. The summed E-state index contributed by atoms with van der Waals surface area (Å²) >= 11 is 0. The van der Waals surface area contributed by atoms with E-state index in [1.807, 2.05) is 13.8 Å². The van der Waals surface area contributed by atoms with Crippen molar-refractivity contribution in [1.82, 2.24) is 10.5 Å². The van der Waals surface area contributed by atoms with Gasteiger partial charge in [0.15, 0.2) is 11.5 Å². The monoisotopic (exact) mass is 372 g/mol. The van der Waals surface area contributed by atoms with Crippen LogP contribution in [0.3, 0.4) is 0 Å². The van der Waals surface area contributed by atoms with Gasteiger partial charge in [-0.05, 0) is 63.6 Å². The zero-order chi connectivity index (χ0) is 19.4. The van der Waals surface area contributed by atoms with Crippen LogP contribution in [-0.2, 0) is 6.61 Å². The number of methoxy groups -OCH3 is 1. The maximum atomic E-state index is 12.6. The van der Waals surface area contributed by atoms with Crippen molar-refractivity contribution in [1.29, 1.82) is 0 Å². The predicted octanol–water partition coefficient (Wildman–Crippen LogP) is 4.19. The van der Waals surface area contributed by atoms with Crippen LogP contribution in [0, 0.1) is 19.8 Å². The quantitative estimate of drug-likeness (QED) is 0.823. The summed E-state index contributed by atoms with van der Waals surface area (Å²) in [5.41, 5.74) is 2.31. The maximum absolute atomic E-state index is 12.6. The molecule has 1 aromatic carbocycles. The second-order valence-electron chi connectivity index (χ2n) is 7.39. The molecule has 6 nitrogen and oxygen atoms in total. The molecule has 1 fully saturated rings. The van der Waals surface area contributed by atoms with Gasteiger partial charge in [0.1, 0.15) is 12.4 Å². The first-order chi connectivity index (χ1) is 13.0. The van der Waals surface area contributed by atoms with Gasteiger partial charge < -0.3 is 19.3 Å². The molecule has 0 aliphatic heterocycles. The maximum Gasteiger partial charge on any atom is 0.251 e. The summed E-state index contributed by atoms with van der Waals surface area (Å²) < 4.78 is 16.5. The van der Waals surface area contributed by atoms with Gasteiger partial charge in [-0.1, -0.05) is 12.1 Å². The van der Waals surface area contributed by atoms with Crippen LogP contribution in [0.5, 0.6) is 11.5 Å². The molecular formula is C21H28N2O4. The van der Waals surface area contributed by atoms with Gasteiger partial charge in [-0.25, -0.2) is 0 Å². The number of benzene rings is 1. The highest BCUT2D eigenvalue weighted by molar-refractivity contribution is 5.95. The molecule has 6 heteroatoms. The van der Waals surface area contributed by atoms with E-state index in [1.54, 1.807) is 25.3 Å². The highest BCUT2D eigenvalue weighted by Gasteiger charge is 2.21. The number of aromatic nitrogens is 1. The first-order valence-electron chi connectivity index (χ1n) is 9.51. The van der Waals surface area contributed by atoms with E-state index in [4.69, 9.17) is 14.0 Å². The van der Waals surface area contributed by atoms with Crippen molar-refractivity contribution in [3.05, 3.63) is 40.8 Å². The number of carbonyl (C=O) groups excluding carboxylic acids is 1. The summed E-state index contributed by atoms with van der Waals surface area (Å²) in [6, 6.07) is 5.53. The van der Waals surface area contributed by atoms with E-state index in [9.17, 15) is 4.79 Å². The highest BCUT2D eigenvalue weighted by atomic mass is 16.5. The summed E-state index contributed by atoms with van der Waals surface area (Å²) in [7, 11) is 1.57. The van der Waals surface area contributed by atoms with Crippen molar-refractivity contribution in [2.24, 2.45) is 5.92 Å². The standard InChI is InChI=1S/C21H28N2O4/c1-13-5-8-17(9-6-13)22-21(24)16-7-10-19(20(11-16)25-4)26-12-18-14(2)23-27-15(18)3/h7,10-11,13,17H,5-6,8-9,12H2,1-4H3,(H,22,24). The van der Waals surface area contributed by atoms with Crippen LogP contribution in [-0.4, -0.2) is 24.2 Å². The van der Waals surface area contributed by atoms with Crippen molar-refractivity contribution in [2.75, 3.05) is 7.11 Å². The van der Waals surface area contributed by atoms with Gasteiger partial charge in [-0.15, -0.1) is 0 Å². The van der Waals surface area contributed by atoms with Crippen LogP contribution >= 0.6 is 0 Å². The Morgan fingerprint density at radius 2 is 1.96 bits per heavy atom. The summed E-state index contributed by atoms with van der Waals surface area (Å²) in [6.07, 6.45) is 4.43. The zero-order valence-electron chi connectivity index (χ0n) is 16.5. The van der Waals surface area contributed by atoms with Gasteiger partial charge in [0.05, 0.1) is 18.4 Å². The first kappa shape index (κ1) is 19.3. The predicted molar refractivity (Wildman–Crippen MR) is 102 cm³/mol. The van der Waals surface area contributed by atoms with Gasteiger partial charge >= 0.3 is 0 Å². The number of ether oxygens (including phenoxy) is 2. The van der Waals surface area contributed by atoms with Crippen molar-refractivity contribution < 1.29 is 18.8 Å². The molecule has 0 spiro atoms. The molecule has 0 bridgehead atoms. The van der Waals surface area contributed by atoms with Crippen LogP contribution in [0.2, 0.25) is 0 Å². The Balaban J connectivity index is 1.65. The Kier molecular flexibility index (Phi) is 6.04. The Morgan fingerprint density at radius 1 is 1.22 bits per heavy atom. The number of rotatable bonds is 6. The van der Waals surface area contributed by atoms with E-state index in [1.165, 1.54) is 12.8 Å². The average Bonchev–Trinajstić information content (AvgIpc) is 2.99. The fourth-order valence-corrected chi connectivity index (χ4v) is 3.46. The Bertz CT molecular complexity index is 772. The SMILES string of the molecule is COc1cc(C(=O)NC2CCC(C)CC2)ccc1OCc1c(C)noc1C. The van der Waals surface area contributed by atoms with Crippen LogP contribution in [0.15, 0.2) is 22.7 Å². The van der Waals surface area contributed by atoms with E-state index in [0.29, 0.717) is 23.7 Å². The molecule has 1 N–H and O–H groups in total. The van der Waals surface area contributed by atoms with Gasteiger partial charge in [0.25, 0.3) is 5.91 Å². The molecule has 2 aromatic rings. The Hall–Kier alpha value is -2.50. The molecule has 146 valence electrons. The van der Waals surface area contributed by atoms with Crippen molar-refractivity contribution in [3.63, 3.8) is 0 Å². The number of carbonyl (C=O) groups is 1. The highest BCUT2D eigenvalue weighted by Crippen LogP contribution is 2.30. The lowest BCUT2D eigenvalue weighted by molar-refractivity contribution is 0.0922. The molecule has 1 aromatic heterocycles. The summed E-state index contributed by atoms with van der Waals surface area (Å²) in [4.78, 5) is 12.6. The third kappa shape index (κ3) is 4.62. The number of nitrogens with zero attached hydrogens (tertiary/aromatic N) is 1. The molecule has 1 aliphatic carbocycles. The van der Waals surface area contributed by atoms with E-state index < -0.39 is 0 Å². The zero-order valence-corrected chi connectivity index (χ0v) is 16.5. The minimum absolute atomic E-state index is 0.0647. The molecule has 1 heterocycles. The third-order valence-corrected chi connectivity index (χ3v) is 5.33. The summed E-state index contributed by atoms with van der Waals surface area (Å²) in [5, 5.41) is 7.07. The van der Waals surface area contributed by atoms with Crippen molar-refractivity contribution in [2.45, 2.75) is 59.1 Å². The second kappa shape index (κ2) is 8.46. The van der Waals surface area contributed by atoms with Crippen LogP contribution < -0.4 is 14.8 Å². The molecule has 0 unspecified atom stereocenters. The van der Waals surface area contributed by atoms with Crippen LogP contribution in [0.25, 0.3) is 0 Å². The van der Waals surface area contributed by atoms with Gasteiger partial charge in [-0.2, -0.15) is 0 Å². The first-order valence-corrected chi connectivity index (χ1v) is 9.51. The molecular weight excluding hydrogens is 344 g/mol. The Labute approximate surface area is 160 Å². The summed E-state index contributed by atoms with van der Waals surface area (Å²) in [6.45, 7) is 6.34. The fraction of sp³-hybridized carbons (Fsp3) is 0.524. The van der Waals surface area contributed by atoms with E-state index in [0.717, 1.165) is 35.8 Å². The van der Waals surface area contributed by atoms with Gasteiger partial charge in [0.2, 0.25) is 0 Å². The van der Waals surface area contributed by atoms with Crippen LogP contribution in [0.4, 0.5) is 0 Å². The normalized spacial score (nSPS) is 19.6. The summed E-state index contributed by atoms with van der Waals surface area (Å²) in [5.74, 6) is 2.55. The van der Waals surface area contributed by atoms with E-state index in [2.05, 4.69) is 17.4 Å².